The number of rotatable bonds is 4. The third-order valence-electron chi connectivity index (χ3n) is 19.5. The summed E-state index contributed by atoms with van der Waals surface area (Å²) in [4.78, 5) is 0. The summed E-state index contributed by atoms with van der Waals surface area (Å²) in [6, 6.07) is 114. The number of aromatic nitrogens is 4. The minimum Gasteiger partial charge on any atom is -0.309 e. The first-order valence-electron chi connectivity index (χ1n) is 30.5. The highest BCUT2D eigenvalue weighted by Crippen LogP contribution is 2.53. The fraction of sp³-hybridized carbons (Fsp3) is 0. The summed E-state index contributed by atoms with van der Waals surface area (Å²) < 4.78 is 10.0. The molecule has 4 heterocycles. The minimum absolute atomic E-state index is 1.09. The summed E-state index contributed by atoms with van der Waals surface area (Å²) in [6.07, 6.45) is 0. The van der Waals surface area contributed by atoms with Crippen molar-refractivity contribution in [3.63, 3.8) is 0 Å². The molecule has 0 bridgehead atoms. The van der Waals surface area contributed by atoms with Crippen molar-refractivity contribution >= 4 is 120 Å². The van der Waals surface area contributed by atoms with Gasteiger partial charge in [0.25, 0.3) is 0 Å². The van der Waals surface area contributed by atoms with Crippen molar-refractivity contribution in [1.82, 2.24) is 18.3 Å². The summed E-state index contributed by atoms with van der Waals surface area (Å²) in [5, 5.41) is 17.4. The Morgan fingerprint density at radius 1 is 0.136 bits per heavy atom. The molecule has 19 aromatic rings. The summed E-state index contributed by atoms with van der Waals surface area (Å²) >= 11 is 0. The molecule has 20 rings (SSSR count). The van der Waals surface area contributed by atoms with Gasteiger partial charge in [0.05, 0.1) is 55.5 Å². The van der Waals surface area contributed by atoms with Gasteiger partial charge in [-0.15, -0.1) is 0 Å². The molecule has 4 nitrogen and oxygen atoms in total. The first-order valence-corrected chi connectivity index (χ1v) is 30.5. The van der Waals surface area contributed by atoms with E-state index in [-0.39, 0.29) is 0 Å². The molecule has 1 aliphatic carbocycles. The van der Waals surface area contributed by atoms with Crippen molar-refractivity contribution in [1.29, 1.82) is 0 Å². The van der Waals surface area contributed by atoms with E-state index in [1.807, 2.05) is 0 Å². The van der Waals surface area contributed by atoms with E-state index in [9.17, 15) is 0 Å². The van der Waals surface area contributed by atoms with Gasteiger partial charge in [0, 0.05) is 54.5 Å². The van der Waals surface area contributed by atoms with Crippen LogP contribution in [-0.4, -0.2) is 18.3 Å². The van der Waals surface area contributed by atoms with Crippen molar-refractivity contribution in [2.75, 3.05) is 0 Å². The second-order valence-corrected chi connectivity index (χ2v) is 23.9. The van der Waals surface area contributed by atoms with Gasteiger partial charge in [0.2, 0.25) is 0 Å². The largest absolute Gasteiger partial charge is 0.309 e. The Morgan fingerprint density at radius 2 is 0.364 bits per heavy atom. The number of benzene rings is 15. The summed E-state index contributed by atoms with van der Waals surface area (Å²) in [6.45, 7) is 0. The van der Waals surface area contributed by atoms with Crippen LogP contribution in [0.1, 0.15) is 0 Å². The zero-order valence-corrected chi connectivity index (χ0v) is 47.7. The first kappa shape index (κ1) is 47.6. The zero-order chi connectivity index (χ0) is 57.3. The summed E-state index contributed by atoms with van der Waals surface area (Å²) in [5.41, 5.74) is 23.4. The number of nitrogens with zero attached hydrogens (tertiary/aromatic N) is 4. The standard InChI is InChI=1S/C84H50N4/c1-3-23-55-53(21-1)54-22-2-4-24-56(54)68-48-70-58-26-6-8-28-60(58)72-50-84(88-80-40-20-14-34-66(80)74-46-52(42-44-82(74)88)86-77-37-17-11-31-63(77)64-32-12-18-38-78(64)86)83(49-71(72)59-27-7-5-25-57(59)69(70)47-67(55)68)87-79-39-19-13-33-65(79)73-45-51(41-43-81(73)87)85-75-35-15-9-29-61(75)62-30-10-16-36-76(62)85/h1-50H. The molecule has 0 unspecified atom stereocenters. The Balaban J connectivity index is 0.913. The Kier molecular flexibility index (Phi) is 9.69. The quantitative estimate of drug-likeness (QED) is 0.157. The zero-order valence-electron chi connectivity index (χ0n) is 47.7. The molecule has 0 atom stereocenters. The number of hydrogen-bond donors (Lipinski definition) is 0. The van der Waals surface area contributed by atoms with E-state index in [0.29, 0.717) is 0 Å². The van der Waals surface area contributed by atoms with Crippen LogP contribution in [0.15, 0.2) is 303 Å². The maximum absolute atomic E-state index is 2.56. The molecule has 0 aliphatic heterocycles. The van der Waals surface area contributed by atoms with Crippen LogP contribution in [0.2, 0.25) is 0 Å². The SMILES string of the molecule is c1ccc2c(c1)-c1cc(-n3c4ccccc4c4cc(-n5c6ccccc6c6ccccc65)ccc43)c(-n3c4ccccc4c4cc(-n5c6ccccc6c6ccccc65)ccc43)cc1-c1ccccc1-c1cc3c4ccccc4c4ccccc4c3cc1-2. The van der Waals surface area contributed by atoms with E-state index in [1.165, 1.54) is 142 Å². The lowest BCUT2D eigenvalue weighted by atomic mass is 9.79. The number of para-hydroxylation sites is 6. The smallest absolute Gasteiger partial charge is 0.0709 e. The Morgan fingerprint density at radius 3 is 0.682 bits per heavy atom. The topological polar surface area (TPSA) is 19.7 Å². The van der Waals surface area contributed by atoms with Gasteiger partial charge in [-0.3, -0.25) is 0 Å². The van der Waals surface area contributed by atoms with Crippen molar-refractivity contribution < 1.29 is 0 Å². The Bertz CT molecular complexity index is 5770. The van der Waals surface area contributed by atoms with Gasteiger partial charge in [0.1, 0.15) is 0 Å². The van der Waals surface area contributed by atoms with Gasteiger partial charge < -0.3 is 18.3 Å². The van der Waals surface area contributed by atoms with Crippen LogP contribution in [0, 0.1) is 0 Å². The van der Waals surface area contributed by atoms with E-state index in [2.05, 4.69) is 322 Å². The molecule has 0 N–H and O–H groups in total. The van der Waals surface area contributed by atoms with E-state index in [1.54, 1.807) is 0 Å². The van der Waals surface area contributed by atoms with Crippen LogP contribution >= 0.6 is 0 Å². The minimum atomic E-state index is 1.09. The monoisotopic (exact) mass is 1110 g/mol. The molecular formula is C84H50N4. The molecule has 88 heavy (non-hydrogen) atoms. The van der Waals surface area contributed by atoms with Crippen molar-refractivity contribution in [3.8, 4) is 67.3 Å². The van der Waals surface area contributed by atoms with Crippen LogP contribution < -0.4 is 0 Å². The van der Waals surface area contributed by atoms with Gasteiger partial charge in [-0.25, -0.2) is 0 Å². The molecule has 0 saturated carbocycles. The highest BCUT2D eigenvalue weighted by atomic mass is 15.1. The molecule has 0 fully saturated rings. The van der Waals surface area contributed by atoms with Crippen LogP contribution in [0.5, 0.6) is 0 Å². The summed E-state index contributed by atoms with van der Waals surface area (Å²) in [7, 11) is 0. The molecule has 0 amide bonds. The second kappa shape index (κ2) is 17.9. The number of fused-ring (bicyclic) bond motifs is 26. The van der Waals surface area contributed by atoms with E-state index < -0.39 is 0 Å². The van der Waals surface area contributed by atoms with Crippen molar-refractivity contribution in [3.05, 3.63) is 303 Å². The predicted molar refractivity (Wildman–Crippen MR) is 372 cm³/mol. The van der Waals surface area contributed by atoms with Gasteiger partial charge in [-0.1, -0.05) is 206 Å². The Hall–Kier alpha value is -11.7. The van der Waals surface area contributed by atoms with Crippen LogP contribution in [0.25, 0.3) is 187 Å². The van der Waals surface area contributed by atoms with Gasteiger partial charge >= 0.3 is 0 Å². The molecule has 406 valence electrons. The average molecular weight is 1120 g/mol. The average Bonchev–Trinajstić information content (AvgIpc) is 1.23. The predicted octanol–water partition coefficient (Wildman–Crippen LogP) is 22.5. The maximum Gasteiger partial charge on any atom is 0.0709 e. The lowest BCUT2D eigenvalue weighted by Gasteiger charge is -2.27. The van der Waals surface area contributed by atoms with Gasteiger partial charge in [-0.05, 0) is 174 Å². The maximum atomic E-state index is 2.56. The van der Waals surface area contributed by atoms with Crippen LogP contribution in [0.4, 0.5) is 0 Å². The molecule has 0 radical (unpaired) electrons. The van der Waals surface area contributed by atoms with Gasteiger partial charge in [0.15, 0.2) is 0 Å². The lowest BCUT2D eigenvalue weighted by molar-refractivity contribution is 1.09. The molecule has 0 spiro atoms. The molecule has 1 aliphatic rings. The Labute approximate surface area is 505 Å². The van der Waals surface area contributed by atoms with E-state index >= 15 is 0 Å². The van der Waals surface area contributed by atoms with E-state index in [4.69, 9.17) is 0 Å². The molecule has 0 saturated heterocycles. The highest BCUT2D eigenvalue weighted by molar-refractivity contribution is 6.27. The fourth-order valence-corrected chi connectivity index (χ4v) is 15.8. The normalized spacial score (nSPS) is 12.3. The fourth-order valence-electron chi connectivity index (χ4n) is 15.8. The van der Waals surface area contributed by atoms with Crippen LogP contribution in [-0.2, 0) is 0 Å². The third kappa shape index (κ3) is 6.47. The lowest BCUT2D eigenvalue weighted by Crippen LogP contribution is -2.06. The van der Waals surface area contributed by atoms with E-state index in [0.717, 1.165) is 44.8 Å². The molecular weight excluding hydrogens is 1060 g/mol. The summed E-state index contributed by atoms with van der Waals surface area (Å²) in [5.74, 6) is 0. The van der Waals surface area contributed by atoms with Gasteiger partial charge in [-0.2, -0.15) is 0 Å². The van der Waals surface area contributed by atoms with Crippen molar-refractivity contribution in [2.45, 2.75) is 0 Å². The number of hydrogen-bond acceptors (Lipinski definition) is 0. The molecule has 4 aromatic heterocycles. The highest BCUT2D eigenvalue weighted by Gasteiger charge is 2.29. The second-order valence-electron chi connectivity index (χ2n) is 23.9. The molecule has 4 heteroatoms. The first-order chi connectivity index (χ1) is 43.7. The van der Waals surface area contributed by atoms with Crippen LogP contribution in [0.3, 0.4) is 0 Å². The molecule has 15 aromatic carbocycles. The third-order valence-corrected chi connectivity index (χ3v) is 19.5. The van der Waals surface area contributed by atoms with Crippen molar-refractivity contribution in [2.24, 2.45) is 0 Å².